The Balaban J connectivity index is 2.74. The molecule has 92 valence electrons. The molecule has 16 heavy (non-hydrogen) atoms. The molecular weight excluding hydrogens is 239 g/mol. The Kier molecular flexibility index (Phi) is 3.47. The van der Waals surface area contributed by atoms with Crippen LogP contribution < -0.4 is 5.32 Å². The van der Waals surface area contributed by atoms with Gasteiger partial charge in [-0.1, -0.05) is 32.1 Å². The van der Waals surface area contributed by atoms with Crippen LogP contribution >= 0.6 is 11.3 Å². The largest absolute Gasteiger partial charge is 0.445 e. The van der Waals surface area contributed by atoms with E-state index in [4.69, 9.17) is 0 Å². The molecule has 0 saturated carbocycles. The predicted molar refractivity (Wildman–Crippen MR) is 57.5 cm³/mol. The highest BCUT2D eigenvalue weighted by Gasteiger charge is 2.36. The zero-order valence-corrected chi connectivity index (χ0v) is 10.3. The fraction of sp³-hybridized carbons (Fsp3) is 0.778. The van der Waals surface area contributed by atoms with E-state index in [1.807, 2.05) is 27.7 Å². The smallest absolute Gasteiger partial charge is 0.357 e. The van der Waals surface area contributed by atoms with E-state index in [1.165, 1.54) is 0 Å². The summed E-state index contributed by atoms with van der Waals surface area (Å²) in [4.78, 5) is 0. The summed E-state index contributed by atoms with van der Waals surface area (Å²) >= 11 is 0.526. The summed E-state index contributed by atoms with van der Waals surface area (Å²) in [6, 6.07) is 0.0153. The van der Waals surface area contributed by atoms with Crippen molar-refractivity contribution in [1.82, 2.24) is 10.2 Å². The van der Waals surface area contributed by atoms with Gasteiger partial charge in [-0.2, -0.15) is 13.2 Å². The first-order valence-corrected chi connectivity index (χ1v) is 5.59. The molecule has 1 atom stereocenters. The number of hydrogen-bond donors (Lipinski definition) is 1. The summed E-state index contributed by atoms with van der Waals surface area (Å²) < 4.78 is 36.8. The van der Waals surface area contributed by atoms with Crippen LogP contribution in [-0.2, 0) is 6.18 Å². The van der Waals surface area contributed by atoms with E-state index >= 15 is 0 Å². The van der Waals surface area contributed by atoms with Crippen LogP contribution in [0.25, 0.3) is 0 Å². The molecule has 0 bridgehead atoms. The van der Waals surface area contributed by atoms with Crippen molar-refractivity contribution >= 4 is 16.5 Å². The minimum atomic E-state index is -4.41. The van der Waals surface area contributed by atoms with E-state index in [2.05, 4.69) is 15.5 Å². The molecule has 1 N–H and O–H groups in total. The minimum absolute atomic E-state index is 0.0153. The van der Waals surface area contributed by atoms with Gasteiger partial charge in [0.25, 0.3) is 0 Å². The number of halogens is 3. The molecule has 3 nitrogen and oxygen atoms in total. The molecule has 1 rings (SSSR count). The van der Waals surface area contributed by atoms with Crippen LogP contribution in [0, 0.1) is 5.41 Å². The maximum Gasteiger partial charge on any atom is 0.445 e. The summed E-state index contributed by atoms with van der Waals surface area (Å²) in [5, 5.41) is 8.78. The van der Waals surface area contributed by atoms with E-state index < -0.39 is 11.2 Å². The Bertz CT molecular complexity index is 354. The van der Waals surface area contributed by atoms with Crippen molar-refractivity contribution in [2.24, 2.45) is 5.41 Å². The summed E-state index contributed by atoms with van der Waals surface area (Å²) in [6.07, 6.45) is -4.41. The van der Waals surface area contributed by atoms with Crippen LogP contribution in [0.5, 0.6) is 0 Å². The average Bonchev–Trinajstić information content (AvgIpc) is 2.49. The standard InChI is InChI=1S/C9H14F3N3S/c1-5(8(2,3)4)13-7-15-14-6(16-7)9(10,11)12/h5H,1-4H3,(H,13,15). The van der Waals surface area contributed by atoms with Crippen LogP contribution in [0.15, 0.2) is 0 Å². The third-order valence-corrected chi connectivity index (χ3v) is 3.21. The topological polar surface area (TPSA) is 37.8 Å². The second-order valence-corrected chi connectivity index (χ2v) is 5.62. The highest BCUT2D eigenvalue weighted by Crippen LogP contribution is 2.34. The number of anilines is 1. The van der Waals surface area contributed by atoms with Gasteiger partial charge in [0, 0.05) is 6.04 Å². The molecule has 1 heterocycles. The molecule has 0 radical (unpaired) electrons. The molecule has 1 aromatic rings. The number of hydrogen-bond acceptors (Lipinski definition) is 4. The van der Waals surface area contributed by atoms with Crippen molar-refractivity contribution in [3.05, 3.63) is 5.01 Å². The summed E-state index contributed by atoms with van der Waals surface area (Å²) in [5.74, 6) is 0. The van der Waals surface area contributed by atoms with Gasteiger partial charge in [0.1, 0.15) is 0 Å². The maximum absolute atomic E-state index is 12.3. The SMILES string of the molecule is CC(Nc1nnc(C(F)(F)F)s1)C(C)(C)C. The summed E-state index contributed by atoms with van der Waals surface area (Å²) in [6.45, 7) is 7.89. The predicted octanol–water partition coefficient (Wildman–Crippen LogP) is 3.40. The van der Waals surface area contributed by atoms with E-state index in [0.717, 1.165) is 0 Å². The van der Waals surface area contributed by atoms with Gasteiger partial charge in [0.15, 0.2) is 0 Å². The number of rotatable bonds is 2. The van der Waals surface area contributed by atoms with Gasteiger partial charge in [-0.15, -0.1) is 10.2 Å². The number of nitrogens with zero attached hydrogens (tertiary/aromatic N) is 2. The lowest BCUT2D eigenvalue weighted by Gasteiger charge is -2.27. The molecule has 0 fully saturated rings. The number of alkyl halides is 3. The van der Waals surface area contributed by atoms with Crippen molar-refractivity contribution in [1.29, 1.82) is 0 Å². The molecule has 0 amide bonds. The second-order valence-electron chi connectivity index (χ2n) is 4.64. The van der Waals surface area contributed by atoms with Gasteiger partial charge in [-0.05, 0) is 12.3 Å². The molecule has 0 saturated heterocycles. The van der Waals surface area contributed by atoms with Gasteiger partial charge < -0.3 is 5.32 Å². The lowest BCUT2D eigenvalue weighted by molar-refractivity contribution is -0.138. The third-order valence-electron chi connectivity index (χ3n) is 2.31. The van der Waals surface area contributed by atoms with Crippen molar-refractivity contribution in [2.75, 3.05) is 5.32 Å². The van der Waals surface area contributed by atoms with E-state index in [-0.39, 0.29) is 16.6 Å². The van der Waals surface area contributed by atoms with Crippen LogP contribution in [-0.4, -0.2) is 16.2 Å². The lowest BCUT2D eigenvalue weighted by atomic mass is 9.88. The van der Waals surface area contributed by atoms with Gasteiger partial charge >= 0.3 is 6.18 Å². The normalized spacial score (nSPS) is 14.9. The minimum Gasteiger partial charge on any atom is -0.357 e. The summed E-state index contributed by atoms with van der Waals surface area (Å²) in [5.41, 5.74) is -0.0515. The molecule has 0 aliphatic carbocycles. The van der Waals surface area contributed by atoms with Crippen molar-refractivity contribution in [3.8, 4) is 0 Å². The van der Waals surface area contributed by atoms with Crippen molar-refractivity contribution in [3.63, 3.8) is 0 Å². The Hall–Kier alpha value is -0.850. The van der Waals surface area contributed by atoms with Crippen LogP contribution in [0.2, 0.25) is 0 Å². The zero-order valence-electron chi connectivity index (χ0n) is 9.51. The molecule has 0 aliphatic heterocycles. The average molecular weight is 253 g/mol. The fourth-order valence-electron chi connectivity index (χ4n) is 0.798. The van der Waals surface area contributed by atoms with Crippen molar-refractivity contribution < 1.29 is 13.2 Å². The number of nitrogens with one attached hydrogen (secondary N) is 1. The molecule has 1 aromatic heterocycles. The van der Waals surface area contributed by atoms with Crippen molar-refractivity contribution in [2.45, 2.75) is 39.9 Å². The van der Waals surface area contributed by atoms with Crippen LogP contribution in [0.4, 0.5) is 18.3 Å². The molecule has 0 aromatic carbocycles. The van der Waals surface area contributed by atoms with Crippen LogP contribution in [0.1, 0.15) is 32.7 Å². The summed E-state index contributed by atoms with van der Waals surface area (Å²) in [7, 11) is 0. The Morgan fingerprint density at radius 2 is 1.75 bits per heavy atom. The first kappa shape index (κ1) is 13.2. The van der Waals surface area contributed by atoms with Gasteiger partial charge in [-0.25, -0.2) is 0 Å². The number of aromatic nitrogens is 2. The van der Waals surface area contributed by atoms with E-state index in [1.54, 1.807) is 0 Å². The van der Waals surface area contributed by atoms with E-state index in [9.17, 15) is 13.2 Å². The Morgan fingerprint density at radius 3 is 2.12 bits per heavy atom. The quantitative estimate of drug-likeness (QED) is 0.877. The lowest BCUT2D eigenvalue weighted by Crippen LogP contribution is -2.30. The highest BCUT2D eigenvalue weighted by atomic mass is 32.1. The molecule has 7 heteroatoms. The first-order valence-electron chi connectivity index (χ1n) is 4.78. The molecule has 1 unspecified atom stereocenters. The van der Waals surface area contributed by atoms with E-state index in [0.29, 0.717) is 11.3 Å². The van der Waals surface area contributed by atoms with Gasteiger partial charge in [0.05, 0.1) is 0 Å². The Labute approximate surface area is 96.1 Å². The molecule has 0 aliphatic rings. The Morgan fingerprint density at radius 1 is 1.19 bits per heavy atom. The molecule has 0 spiro atoms. The highest BCUT2D eigenvalue weighted by molar-refractivity contribution is 7.15. The monoisotopic (exact) mass is 253 g/mol. The third kappa shape index (κ3) is 3.33. The second kappa shape index (κ2) is 4.20. The van der Waals surface area contributed by atoms with Gasteiger partial charge in [-0.3, -0.25) is 0 Å². The zero-order chi connectivity index (χ0) is 12.6. The fourth-order valence-corrected chi connectivity index (χ4v) is 1.50. The van der Waals surface area contributed by atoms with Gasteiger partial charge in [0.2, 0.25) is 10.1 Å². The van der Waals surface area contributed by atoms with Crippen LogP contribution in [0.3, 0.4) is 0 Å². The first-order chi connectivity index (χ1) is 7.10. The maximum atomic E-state index is 12.3. The molecular formula is C9H14F3N3S.